The van der Waals surface area contributed by atoms with Crippen molar-refractivity contribution in [3.63, 3.8) is 0 Å². The van der Waals surface area contributed by atoms with E-state index in [0.717, 1.165) is 0 Å². The van der Waals surface area contributed by atoms with Gasteiger partial charge in [-0.1, -0.05) is 58.5 Å². The Kier molecular flexibility index (Phi) is 6.11. The molecule has 1 aliphatic rings. The molecule has 2 nitrogen and oxygen atoms in total. The third-order valence-electron chi connectivity index (χ3n) is 4.10. The highest BCUT2D eigenvalue weighted by Gasteiger charge is 2.25. The number of hydrogen-bond donors (Lipinski definition) is 0. The fourth-order valence-electron chi connectivity index (χ4n) is 2.86. The number of carbonyl (C=O) groups is 1. The molecule has 2 aromatic carbocycles. The van der Waals surface area contributed by atoms with Gasteiger partial charge < -0.3 is 0 Å². The van der Waals surface area contributed by atoms with Crippen molar-refractivity contribution in [2.24, 2.45) is 0 Å². The lowest BCUT2D eigenvalue weighted by Crippen LogP contribution is -2.34. The van der Waals surface area contributed by atoms with Gasteiger partial charge in [0.15, 0.2) is 5.78 Å². The van der Waals surface area contributed by atoms with Crippen LogP contribution < -0.4 is 0 Å². The van der Waals surface area contributed by atoms with E-state index in [1.165, 1.54) is 0 Å². The van der Waals surface area contributed by atoms with Crippen molar-refractivity contribution in [2.75, 3.05) is 20.1 Å². The van der Waals surface area contributed by atoms with Gasteiger partial charge >= 0.3 is 0 Å². The second-order valence-corrected chi connectivity index (χ2v) is 7.74. The highest BCUT2D eigenvalue weighted by Crippen LogP contribution is 2.31. The minimum absolute atomic E-state index is 0.0601. The number of likely N-dealkylation sites (N-methyl/N-ethyl adjacent to an activating group) is 1. The lowest BCUT2D eigenvalue weighted by Gasteiger charge is -2.26. The first-order valence-corrected chi connectivity index (χ1v) is 9.40. The first kappa shape index (κ1) is 19.5. The summed E-state index contributed by atoms with van der Waals surface area (Å²) >= 11 is 24.9. The molecule has 0 aliphatic carbocycles. The molecule has 26 heavy (non-hydrogen) atoms. The molecule has 1 aliphatic heterocycles. The van der Waals surface area contributed by atoms with E-state index in [1.807, 2.05) is 11.9 Å². The van der Waals surface area contributed by atoms with Crippen LogP contribution in [0, 0.1) is 0 Å². The van der Waals surface area contributed by atoms with Gasteiger partial charge in [-0.2, -0.15) is 0 Å². The first-order chi connectivity index (χ1) is 12.4. The van der Waals surface area contributed by atoms with Gasteiger partial charge in [0.25, 0.3) is 0 Å². The first-order valence-electron chi connectivity index (χ1n) is 7.89. The number of piperidine rings is 1. The van der Waals surface area contributed by atoms with Crippen molar-refractivity contribution in [1.29, 1.82) is 0 Å². The van der Waals surface area contributed by atoms with E-state index >= 15 is 0 Å². The van der Waals surface area contributed by atoms with Crippen LogP contribution in [-0.4, -0.2) is 30.8 Å². The number of rotatable bonds is 2. The summed E-state index contributed by atoms with van der Waals surface area (Å²) in [4.78, 5) is 15.0. The van der Waals surface area contributed by atoms with Crippen LogP contribution in [0.1, 0.15) is 11.1 Å². The Labute approximate surface area is 172 Å². The molecule has 0 amide bonds. The van der Waals surface area contributed by atoms with Gasteiger partial charge in [-0.05, 0) is 43.5 Å². The molecule has 3 rings (SSSR count). The minimum atomic E-state index is -0.0601. The van der Waals surface area contributed by atoms with Crippen LogP contribution in [0.15, 0.2) is 47.5 Å². The van der Waals surface area contributed by atoms with Crippen molar-refractivity contribution >= 4 is 64.3 Å². The van der Waals surface area contributed by atoms with Crippen LogP contribution >= 0.6 is 46.4 Å². The average molecular weight is 427 g/mol. The third kappa shape index (κ3) is 4.16. The summed E-state index contributed by atoms with van der Waals surface area (Å²) in [5, 5.41) is 2.02. The lowest BCUT2D eigenvalue weighted by molar-refractivity contribution is -0.113. The minimum Gasteiger partial charge on any atom is -0.298 e. The smallest absolute Gasteiger partial charge is 0.187 e. The highest BCUT2D eigenvalue weighted by molar-refractivity contribution is 6.38. The van der Waals surface area contributed by atoms with Gasteiger partial charge in [-0.3, -0.25) is 9.69 Å². The van der Waals surface area contributed by atoms with Gasteiger partial charge in [0.2, 0.25) is 0 Å². The summed E-state index contributed by atoms with van der Waals surface area (Å²) in [6, 6.07) is 10.5. The number of benzene rings is 2. The predicted octanol–water partition coefficient (Wildman–Crippen LogP) is 6.28. The van der Waals surface area contributed by atoms with E-state index in [9.17, 15) is 4.79 Å². The second kappa shape index (κ2) is 8.16. The molecule has 0 saturated carbocycles. The fourth-order valence-corrected chi connectivity index (χ4v) is 3.87. The Bertz CT molecular complexity index is 819. The molecule has 2 aromatic rings. The number of hydrogen-bond acceptors (Lipinski definition) is 2. The van der Waals surface area contributed by atoms with E-state index in [2.05, 4.69) is 0 Å². The zero-order chi connectivity index (χ0) is 18.8. The third-order valence-corrected chi connectivity index (χ3v) is 5.42. The fraction of sp³-hybridized carbons (Fsp3) is 0.150. The van der Waals surface area contributed by atoms with E-state index < -0.39 is 0 Å². The van der Waals surface area contributed by atoms with Crippen LogP contribution in [0.5, 0.6) is 0 Å². The van der Waals surface area contributed by atoms with Crippen LogP contribution in [0.3, 0.4) is 0 Å². The van der Waals surface area contributed by atoms with E-state index in [-0.39, 0.29) is 5.78 Å². The number of halogens is 4. The summed E-state index contributed by atoms with van der Waals surface area (Å²) in [7, 11) is 1.94. The van der Waals surface area contributed by atoms with Crippen LogP contribution in [-0.2, 0) is 4.79 Å². The molecule has 0 spiro atoms. The van der Waals surface area contributed by atoms with E-state index in [4.69, 9.17) is 46.4 Å². The highest BCUT2D eigenvalue weighted by atomic mass is 35.5. The molecular weight excluding hydrogens is 412 g/mol. The van der Waals surface area contributed by atoms with Gasteiger partial charge in [0.1, 0.15) is 0 Å². The van der Waals surface area contributed by atoms with Gasteiger partial charge in [0.05, 0.1) is 0 Å². The maximum absolute atomic E-state index is 13.0. The molecule has 6 heteroatoms. The predicted molar refractivity (Wildman–Crippen MR) is 111 cm³/mol. The monoisotopic (exact) mass is 425 g/mol. The van der Waals surface area contributed by atoms with E-state index in [0.29, 0.717) is 55.5 Å². The van der Waals surface area contributed by atoms with Crippen molar-refractivity contribution in [1.82, 2.24) is 4.90 Å². The van der Waals surface area contributed by atoms with Crippen molar-refractivity contribution in [2.45, 2.75) is 0 Å². The summed E-state index contributed by atoms with van der Waals surface area (Å²) in [5.41, 5.74) is 2.51. The summed E-state index contributed by atoms with van der Waals surface area (Å²) < 4.78 is 0. The molecule has 0 bridgehead atoms. The topological polar surface area (TPSA) is 20.3 Å². The Hall–Kier alpha value is -1.29. The zero-order valence-corrected chi connectivity index (χ0v) is 16.9. The molecule has 0 unspecified atom stereocenters. The number of nitrogens with zero attached hydrogens (tertiary/aromatic N) is 1. The molecule has 0 atom stereocenters. The van der Waals surface area contributed by atoms with Crippen LogP contribution in [0.25, 0.3) is 12.2 Å². The van der Waals surface area contributed by atoms with Crippen molar-refractivity contribution < 1.29 is 4.79 Å². The maximum atomic E-state index is 13.0. The van der Waals surface area contributed by atoms with Crippen LogP contribution in [0.2, 0.25) is 20.1 Å². The quantitative estimate of drug-likeness (QED) is 0.526. The number of likely N-dealkylation sites (tertiary alicyclic amines) is 1. The molecule has 0 N–H and O–H groups in total. The number of ketones is 1. The average Bonchev–Trinajstić information content (AvgIpc) is 2.58. The normalized spacial score (nSPS) is 18.7. The zero-order valence-electron chi connectivity index (χ0n) is 13.9. The SMILES string of the molecule is CN1C/C(=C\c2c(Cl)cccc2Cl)C(=O)/C(=C/c2c(Cl)cccc2Cl)C1. The molecule has 1 fully saturated rings. The van der Waals surface area contributed by atoms with Crippen LogP contribution in [0.4, 0.5) is 0 Å². The Balaban J connectivity index is 2.04. The molecule has 0 radical (unpaired) electrons. The van der Waals surface area contributed by atoms with Gasteiger partial charge in [0, 0.05) is 55.5 Å². The standard InChI is InChI=1S/C20H15Cl4NO/c1-25-10-12(8-14-16(21)4-2-5-17(14)22)20(26)13(11-25)9-15-18(23)6-3-7-19(15)24/h2-9H,10-11H2,1H3/b12-8+,13-9+. The molecular formula is C20H15Cl4NO. The Morgan fingerprint density at radius 3 is 1.46 bits per heavy atom. The number of carbonyl (C=O) groups excluding carboxylic acids is 1. The van der Waals surface area contributed by atoms with Gasteiger partial charge in [-0.25, -0.2) is 0 Å². The van der Waals surface area contributed by atoms with Crippen molar-refractivity contribution in [3.8, 4) is 0 Å². The van der Waals surface area contributed by atoms with E-state index in [1.54, 1.807) is 48.6 Å². The second-order valence-electron chi connectivity index (χ2n) is 6.11. The largest absolute Gasteiger partial charge is 0.298 e. The van der Waals surface area contributed by atoms with Gasteiger partial charge in [-0.15, -0.1) is 0 Å². The molecule has 1 saturated heterocycles. The Morgan fingerprint density at radius 2 is 1.12 bits per heavy atom. The van der Waals surface area contributed by atoms with Crippen molar-refractivity contribution in [3.05, 3.63) is 78.8 Å². The molecule has 134 valence electrons. The lowest BCUT2D eigenvalue weighted by atomic mass is 9.94. The molecule has 1 heterocycles. The Morgan fingerprint density at radius 1 is 0.769 bits per heavy atom. The maximum Gasteiger partial charge on any atom is 0.187 e. The summed E-state index contributed by atoms with van der Waals surface area (Å²) in [6.45, 7) is 1.02. The number of Topliss-reactive ketones (excluding diaryl/α,β-unsaturated/α-hetero) is 1. The molecule has 0 aromatic heterocycles. The summed E-state index contributed by atoms with van der Waals surface area (Å²) in [5.74, 6) is -0.0601. The summed E-state index contributed by atoms with van der Waals surface area (Å²) in [6.07, 6.45) is 3.51.